The van der Waals surface area contributed by atoms with Crippen molar-refractivity contribution in [2.45, 2.75) is 0 Å². The molecule has 1 aliphatic heterocycles. The third kappa shape index (κ3) is 5.70. The van der Waals surface area contributed by atoms with Crippen molar-refractivity contribution in [2.75, 3.05) is 4.90 Å². The number of amidine groups is 1. The van der Waals surface area contributed by atoms with Gasteiger partial charge in [-0.1, -0.05) is 146 Å². The second-order valence-electron chi connectivity index (χ2n) is 12.7. The quantitative estimate of drug-likeness (QED) is 0.147. The maximum absolute atomic E-state index is 8.94. The van der Waals surface area contributed by atoms with Crippen LogP contribution in [0.1, 0.15) is 22.3 Å². The zero-order chi connectivity index (χ0) is 34.9. The topological polar surface area (TPSA) is 56.7 Å². The summed E-state index contributed by atoms with van der Waals surface area (Å²) in [5.74, 6) is 0.567. The van der Waals surface area contributed by atoms with Crippen molar-refractivity contribution >= 4 is 69.0 Å². The van der Waals surface area contributed by atoms with Crippen molar-refractivity contribution in [1.82, 2.24) is 4.57 Å². The van der Waals surface area contributed by atoms with Gasteiger partial charge in [0.05, 0.1) is 22.4 Å². The van der Waals surface area contributed by atoms with Crippen LogP contribution in [0.3, 0.4) is 0 Å². The molecule has 9 rings (SSSR count). The van der Waals surface area contributed by atoms with Crippen LogP contribution in [-0.2, 0) is 0 Å². The van der Waals surface area contributed by atoms with Gasteiger partial charge >= 0.3 is 0 Å². The molecule has 52 heavy (non-hydrogen) atoms. The summed E-state index contributed by atoms with van der Waals surface area (Å²) in [4.78, 5) is 12.1. The van der Waals surface area contributed by atoms with Crippen LogP contribution < -0.4 is 4.90 Å². The third-order valence-corrected chi connectivity index (χ3v) is 9.50. The van der Waals surface area contributed by atoms with E-state index in [4.69, 9.17) is 15.4 Å². The standard InChI is InChI=1S/C47H33N5/c48-46(36-17-6-2-7-18-36)50-47(49-32-33-14-4-1-5-15-33)52-43-23-13-11-21-40(43)41-30-37(28-29-44(41)52)38-27-26-35-25-24-34-16-10-12-22-42(34)51(45(35)31-38)39-19-8-3-9-20-39/h1-32,48H. The monoisotopic (exact) mass is 667 g/mol. The fourth-order valence-electron chi connectivity index (χ4n) is 6.99. The van der Waals surface area contributed by atoms with Gasteiger partial charge in [-0.05, 0) is 70.3 Å². The third-order valence-electron chi connectivity index (χ3n) is 9.50. The van der Waals surface area contributed by atoms with E-state index in [1.807, 2.05) is 72.9 Å². The van der Waals surface area contributed by atoms with Gasteiger partial charge in [0.15, 0.2) is 5.84 Å². The van der Waals surface area contributed by atoms with E-state index in [0.29, 0.717) is 5.96 Å². The lowest BCUT2D eigenvalue weighted by molar-refractivity contribution is 1.22. The first-order valence-corrected chi connectivity index (χ1v) is 17.3. The Labute approximate surface area is 302 Å². The molecule has 0 amide bonds. The fourth-order valence-corrected chi connectivity index (χ4v) is 6.99. The molecule has 5 nitrogen and oxygen atoms in total. The first-order chi connectivity index (χ1) is 25.7. The molecule has 0 spiro atoms. The Hall–Kier alpha value is -7.11. The van der Waals surface area contributed by atoms with Crippen LogP contribution in [0.4, 0.5) is 17.1 Å². The molecule has 0 atom stereocenters. The van der Waals surface area contributed by atoms with Crippen molar-refractivity contribution in [3.63, 3.8) is 0 Å². The number of rotatable bonds is 4. The zero-order valence-corrected chi connectivity index (χ0v) is 28.3. The minimum absolute atomic E-state index is 0.145. The van der Waals surface area contributed by atoms with Gasteiger partial charge in [-0.3, -0.25) is 9.98 Å². The highest BCUT2D eigenvalue weighted by atomic mass is 15.2. The fraction of sp³-hybridized carbons (Fsp3) is 0. The molecule has 0 saturated carbocycles. The SMILES string of the molecule is N=C(N=C(N=Cc1ccccc1)n1c2ccccc2c2cc(-c3ccc4c(c3)N(c3ccccc3)c3ccccc3C=C4)ccc21)c1ccccc1. The average molecular weight is 668 g/mol. The van der Waals surface area contributed by atoms with Crippen molar-refractivity contribution < 1.29 is 0 Å². The lowest BCUT2D eigenvalue weighted by atomic mass is 9.99. The van der Waals surface area contributed by atoms with Gasteiger partial charge in [0.2, 0.25) is 5.96 Å². The number of aliphatic imine (C=N–C) groups is 2. The molecule has 2 heterocycles. The molecule has 0 aliphatic carbocycles. The summed E-state index contributed by atoms with van der Waals surface area (Å²) in [6.45, 7) is 0. The molecule has 0 bridgehead atoms. The first-order valence-electron chi connectivity index (χ1n) is 17.3. The second-order valence-corrected chi connectivity index (χ2v) is 12.7. The van der Waals surface area contributed by atoms with Crippen molar-refractivity contribution in [3.8, 4) is 11.1 Å². The van der Waals surface area contributed by atoms with Crippen molar-refractivity contribution in [3.05, 3.63) is 198 Å². The normalized spacial score (nSPS) is 12.6. The van der Waals surface area contributed by atoms with E-state index in [0.717, 1.165) is 66.7 Å². The maximum atomic E-state index is 8.94. The van der Waals surface area contributed by atoms with Crippen molar-refractivity contribution in [2.24, 2.45) is 9.98 Å². The van der Waals surface area contributed by atoms with E-state index in [2.05, 4.69) is 131 Å². The highest BCUT2D eigenvalue weighted by molar-refractivity contribution is 6.18. The van der Waals surface area contributed by atoms with Crippen molar-refractivity contribution in [1.29, 1.82) is 5.41 Å². The van der Waals surface area contributed by atoms with E-state index in [-0.39, 0.29) is 5.84 Å². The van der Waals surface area contributed by atoms with Gasteiger partial charge in [0.25, 0.3) is 0 Å². The number of hydrogen-bond donors (Lipinski definition) is 1. The summed E-state index contributed by atoms with van der Waals surface area (Å²) in [5.41, 5.74) is 11.5. The van der Waals surface area contributed by atoms with Gasteiger partial charge in [-0.25, -0.2) is 4.99 Å². The first kappa shape index (κ1) is 30.9. The molecule has 8 aromatic rings. The van der Waals surface area contributed by atoms with Crippen LogP contribution in [0.5, 0.6) is 0 Å². The number of para-hydroxylation sites is 3. The molecule has 0 saturated heterocycles. The highest BCUT2D eigenvalue weighted by Crippen LogP contribution is 2.44. The Bertz CT molecular complexity index is 2690. The summed E-state index contributed by atoms with van der Waals surface area (Å²) < 4.78 is 2.07. The van der Waals surface area contributed by atoms with Gasteiger partial charge < -0.3 is 4.90 Å². The molecule has 1 aromatic heterocycles. The molecule has 0 radical (unpaired) electrons. The van der Waals surface area contributed by atoms with Crippen LogP contribution >= 0.6 is 0 Å². The minimum Gasteiger partial charge on any atom is -0.309 e. The predicted octanol–water partition coefficient (Wildman–Crippen LogP) is 11.8. The smallest absolute Gasteiger partial charge is 0.236 e. The summed E-state index contributed by atoms with van der Waals surface area (Å²) >= 11 is 0. The van der Waals surface area contributed by atoms with Gasteiger partial charge in [0.1, 0.15) is 0 Å². The Morgan fingerprint density at radius 3 is 1.94 bits per heavy atom. The summed E-state index contributed by atoms with van der Waals surface area (Å²) in [5, 5.41) is 11.1. The lowest BCUT2D eigenvalue weighted by Crippen LogP contribution is -2.13. The summed E-state index contributed by atoms with van der Waals surface area (Å²) in [6.07, 6.45) is 6.23. The van der Waals surface area contributed by atoms with E-state index < -0.39 is 0 Å². The predicted molar refractivity (Wildman–Crippen MR) is 219 cm³/mol. The molecular formula is C47H33N5. The van der Waals surface area contributed by atoms with Gasteiger partial charge in [-0.2, -0.15) is 4.99 Å². The zero-order valence-electron chi connectivity index (χ0n) is 28.3. The van der Waals surface area contributed by atoms with Crippen LogP contribution in [0.15, 0.2) is 186 Å². The molecule has 246 valence electrons. The van der Waals surface area contributed by atoms with E-state index in [1.165, 1.54) is 5.56 Å². The van der Waals surface area contributed by atoms with E-state index >= 15 is 0 Å². The Balaban J connectivity index is 1.20. The number of fused-ring (bicyclic) bond motifs is 5. The van der Waals surface area contributed by atoms with Crippen LogP contribution in [0.2, 0.25) is 0 Å². The molecule has 1 aliphatic rings. The van der Waals surface area contributed by atoms with Gasteiger partial charge in [0, 0.05) is 28.2 Å². The molecule has 0 unspecified atom stereocenters. The number of benzene rings is 7. The van der Waals surface area contributed by atoms with Crippen LogP contribution in [0.25, 0.3) is 45.1 Å². The molecule has 5 heteroatoms. The molecule has 0 fully saturated rings. The second kappa shape index (κ2) is 13.3. The lowest BCUT2D eigenvalue weighted by Gasteiger charge is -2.27. The molecule has 1 N–H and O–H groups in total. The molecular weight excluding hydrogens is 635 g/mol. The Morgan fingerprint density at radius 2 is 1.13 bits per heavy atom. The Kier molecular flexibility index (Phi) is 7.91. The van der Waals surface area contributed by atoms with Gasteiger partial charge in [-0.15, -0.1) is 0 Å². The van der Waals surface area contributed by atoms with E-state index in [1.54, 1.807) is 0 Å². The number of aromatic nitrogens is 1. The Morgan fingerprint density at radius 1 is 0.519 bits per heavy atom. The van der Waals surface area contributed by atoms with Crippen LogP contribution in [0, 0.1) is 5.41 Å². The maximum Gasteiger partial charge on any atom is 0.236 e. The average Bonchev–Trinajstić information content (AvgIpc) is 3.44. The minimum atomic E-state index is 0.145. The number of nitrogens with zero attached hydrogens (tertiary/aromatic N) is 4. The summed E-state index contributed by atoms with van der Waals surface area (Å²) in [6, 6.07) is 60.3. The number of nitrogens with one attached hydrogen (secondary N) is 1. The number of anilines is 3. The summed E-state index contributed by atoms with van der Waals surface area (Å²) in [7, 11) is 0. The highest BCUT2D eigenvalue weighted by Gasteiger charge is 2.21. The molecule has 7 aromatic carbocycles. The van der Waals surface area contributed by atoms with Crippen LogP contribution in [-0.4, -0.2) is 22.6 Å². The number of hydrogen-bond acceptors (Lipinski definition) is 2. The van der Waals surface area contributed by atoms with E-state index in [9.17, 15) is 0 Å². The largest absolute Gasteiger partial charge is 0.309 e.